The fourth-order valence-electron chi connectivity index (χ4n) is 3.02. The Morgan fingerprint density at radius 1 is 0.900 bits per heavy atom. The third kappa shape index (κ3) is 8.78. The second kappa shape index (κ2) is 11.5. The minimum absolute atomic E-state index is 0.205. The lowest BCUT2D eigenvalue weighted by Gasteiger charge is -2.26. The van der Waals surface area contributed by atoms with E-state index in [2.05, 4.69) is 17.4 Å². The van der Waals surface area contributed by atoms with E-state index in [1.165, 1.54) is 5.56 Å². The number of hydrogen-bond acceptors (Lipinski definition) is 5. The molecular formula is C25H33NO4. The van der Waals surface area contributed by atoms with E-state index in [-0.39, 0.29) is 12.6 Å². The first-order valence-electron chi connectivity index (χ1n) is 10.5. The van der Waals surface area contributed by atoms with Crippen molar-refractivity contribution < 1.29 is 19.1 Å². The zero-order valence-corrected chi connectivity index (χ0v) is 18.4. The van der Waals surface area contributed by atoms with Crippen LogP contribution in [0.1, 0.15) is 51.7 Å². The van der Waals surface area contributed by atoms with Gasteiger partial charge in [0.25, 0.3) is 0 Å². The van der Waals surface area contributed by atoms with Gasteiger partial charge in [0.05, 0.1) is 0 Å². The number of nitrogens with one attached hydrogen (secondary N) is 1. The van der Waals surface area contributed by atoms with Gasteiger partial charge in [-0.05, 0) is 58.1 Å². The largest absolute Gasteiger partial charge is 0.460 e. The lowest BCUT2D eigenvalue weighted by molar-refractivity contribution is -0.158. The average molecular weight is 412 g/mol. The van der Waals surface area contributed by atoms with Crippen LogP contribution < -0.4 is 5.32 Å². The van der Waals surface area contributed by atoms with Gasteiger partial charge in [-0.1, -0.05) is 60.7 Å². The van der Waals surface area contributed by atoms with Crippen molar-refractivity contribution in [2.75, 3.05) is 0 Å². The minimum Gasteiger partial charge on any atom is -0.460 e. The summed E-state index contributed by atoms with van der Waals surface area (Å²) < 4.78 is 11.0. The fourth-order valence-corrected chi connectivity index (χ4v) is 3.02. The first-order chi connectivity index (χ1) is 14.2. The number of aryl methyl sites for hydroxylation is 1. The van der Waals surface area contributed by atoms with E-state index >= 15 is 0 Å². The molecule has 1 N–H and O–H groups in total. The Morgan fingerprint density at radius 3 is 2.03 bits per heavy atom. The van der Waals surface area contributed by atoms with Gasteiger partial charge in [0.2, 0.25) is 0 Å². The zero-order chi connectivity index (χ0) is 22.0. The third-order valence-electron chi connectivity index (χ3n) is 4.52. The molecule has 30 heavy (non-hydrogen) atoms. The highest BCUT2D eigenvalue weighted by Gasteiger charge is 2.28. The molecule has 0 saturated heterocycles. The van der Waals surface area contributed by atoms with Gasteiger partial charge in [-0.25, -0.2) is 0 Å². The molecular weight excluding hydrogens is 378 g/mol. The van der Waals surface area contributed by atoms with E-state index in [0.717, 1.165) is 18.4 Å². The maximum atomic E-state index is 12.7. The number of carbonyl (C=O) groups is 2. The second-order valence-corrected chi connectivity index (χ2v) is 8.45. The van der Waals surface area contributed by atoms with Crippen molar-refractivity contribution in [3.05, 3.63) is 71.8 Å². The molecule has 0 fully saturated rings. The Kier molecular flexibility index (Phi) is 9.06. The van der Waals surface area contributed by atoms with Crippen LogP contribution in [0.3, 0.4) is 0 Å². The van der Waals surface area contributed by atoms with Crippen LogP contribution in [0, 0.1) is 0 Å². The van der Waals surface area contributed by atoms with E-state index in [0.29, 0.717) is 6.42 Å². The molecule has 0 bridgehead atoms. The Labute approximate surface area is 179 Å². The van der Waals surface area contributed by atoms with Crippen molar-refractivity contribution in [3.8, 4) is 0 Å². The van der Waals surface area contributed by atoms with Gasteiger partial charge in [0, 0.05) is 0 Å². The van der Waals surface area contributed by atoms with Crippen LogP contribution in [-0.2, 0) is 32.1 Å². The number of ether oxygens (including phenoxy) is 2. The van der Waals surface area contributed by atoms with Gasteiger partial charge in [-0.15, -0.1) is 0 Å². The summed E-state index contributed by atoms with van der Waals surface area (Å²) in [5.41, 5.74) is 1.55. The van der Waals surface area contributed by atoms with Crippen molar-refractivity contribution in [1.82, 2.24) is 5.32 Å². The Bertz CT molecular complexity index is 784. The highest BCUT2D eigenvalue weighted by molar-refractivity contribution is 5.79. The van der Waals surface area contributed by atoms with Gasteiger partial charge in [-0.2, -0.15) is 0 Å². The molecule has 0 unspecified atom stereocenters. The van der Waals surface area contributed by atoms with E-state index in [4.69, 9.17) is 9.47 Å². The Balaban J connectivity index is 1.92. The van der Waals surface area contributed by atoms with E-state index in [9.17, 15) is 9.59 Å². The number of carbonyl (C=O) groups excluding carboxylic acids is 2. The first-order valence-corrected chi connectivity index (χ1v) is 10.5. The topological polar surface area (TPSA) is 64.6 Å². The van der Waals surface area contributed by atoms with Crippen molar-refractivity contribution in [1.29, 1.82) is 0 Å². The first kappa shape index (κ1) is 23.6. The van der Waals surface area contributed by atoms with E-state index in [1.54, 1.807) is 6.92 Å². The molecule has 0 aliphatic heterocycles. The van der Waals surface area contributed by atoms with Gasteiger partial charge >= 0.3 is 11.9 Å². The van der Waals surface area contributed by atoms with Gasteiger partial charge < -0.3 is 9.47 Å². The van der Waals surface area contributed by atoms with Crippen molar-refractivity contribution in [2.45, 2.75) is 71.2 Å². The Hall–Kier alpha value is -2.66. The SMILES string of the molecule is C[C@@H](N[C@@H](CCCc1ccccc1)C(=O)OC(C)(C)C)C(=O)OCc1ccccc1. The van der Waals surface area contributed by atoms with Crippen LogP contribution in [0.2, 0.25) is 0 Å². The number of hydrogen-bond donors (Lipinski definition) is 1. The smallest absolute Gasteiger partial charge is 0.323 e. The zero-order valence-electron chi connectivity index (χ0n) is 18.4. The van der Waals surface area contributed by atoms with Crippen molar-refractivity contribution >= 4 is 11.9 Å². The summed E-state index contributed by atoms with van der Waals surface area (Å²) in [6.07, 6.45) is 2.22. The van der Waals surface area contributed by atoms with Crippen LogP contribution in [-0.4, -0.2) is 29.6 Å². The second-order valence-electron chi connectivity index (χ2n) is 8.45. The summed E-state index contributed by atoms with van der Waals surface area (Å²) in [5, 5.41) is 3.11. The minimum atomic E-state index is -0.622. The standard InChI is InChI=1S/C25H33NO4/c1-19(23(27)29-18-21-14-9-6-10-15-21)26-22(24(28)30-25(2,3)4)17-11-16-20-12-7-5-8-13-20/h5-10,12-15,19,22,26H,11,16-18H2,1-4H3/t19-,22+/m1/s1. The van der Waals surface area contributed by atoms with Gasteiger partial charge in [0.1, 0.15) is 24.3 Å². The Morgan fingerprint density at radius 2 is 1.47 bits per heavy atom. The summed E-state index contributed by atoms with van der Waals surface area (Å²) in [6, 6.07) is 18.4. The van der Waals surface area contributed by atoms with Crippen molar-refractivity contribution in [2.24, 2.45) is 0 Å². The summed E-state index contributed by atoms with van der Waals surface area (Å²) in [6.45, 7) is 7.43. The molecule has 2 rings (SSSR count). The molecule has 0 amide bonds. The summed E-state index contributed by atoms with van der Waals surface area (Å²) >= 11 is 0. The lowest BCUT2D eigenvalue weighted by atomic mass is 10.0. The van der Waals surface area contributed by atoms with E-state index in [1.807, 2.05) is 69.3 Å². The van der Waals surface area contributed by atoms with E-state index < -0.39 is 23.7 Å². The molecule has 0 saturated carbocycles. The molecule has 162 valence electrons. The quantitative estimate of drug-likeness (QED) is 0.586. The normalized spacial score (nSPS) is 13.3. The average Bonchev–Trinajstić information content (AvgIpc) is 2.71. The molecule has 2 aromatic rings. The molecule has 0 spiro atoms. The summed E-state index contributed by atoms with van der Waals surface area (Å²) in [7, 11) is 0. The van der Waals surface area contributed by atoms with Crippen LogP contribution in [0.5, 0.6) is 0 Å². The predicted molar refractivity (Wildman–Crippen MR) is 118 cm³/mol. The highest BCUT2D eigenvalue weighted by Crippen LogP contribution is 2.13. The van der Waals surface area contributed by atoms with Gasteiger partial charge in [-0.3, -0.25) is 14.9 Å². The van der Waals surface area contributed by atoms with Crippen molar-refractivity contribution in [3.63, 3.8) is 0 Å². The van der Waals surface area contributed by atoms with Crippen LogP contribution in [0.15, 0.2) is 60.7 Å². The molecule has 0 radical (unpaired) electrons. The molecule has 5 heteroatoms. The summed E-state index contributed by atoms with van der Waals surface area (Å²) in [4.78, 5) is 25.1. The third-order valence-corrected chi connectivity index (χ3v) is 4.52. The number of rotatable bonds is 10. The molecule has 0 aromatic heterocycles. The summed E-state index contributed by atoms with van der Waals surface area (Å²) in [5.74, 6) is -0.742. The number of benzene rings is 2. The monoisotopic (exact) mass is 411 g/mol. The van der Waals surface area contributed by atoms with Gasteiger partial charge in [0.15, 0.2) is 0 Å². The molecule has 2 aromatic carbocycles. The maximum Gasteiger partial charge on any atom is 0.323 e. The van der Waals surface area contributed by atoms with Crippen LogP contribution in [0.25, 0.3) is 0 Å². The number of esters is 2. The van der Waals surface area contributed by atoms with Crippen LogP contribution >= 0.6 is 0 Å². The molecule has 0 heterocycles. The molecule has 0 aliphatic rings. The predicted octanol–water partition coefficient (Wildman–Crippen LogP) is 4.44. The fraction of sp³-hybridized carbons (Fsp3) is 0.440. The molecule has 5 nitrogen and oxygen atoms in total. The molecule has 0 aliphatic carbocycles. The lowest BCUT2D eigenvalue weighted by Crippen LogP contribution is -2.48. The van der Waals surface area contributed by atoms with Crippen LogP contribution in [0.4, 0.5) is 0 Å². The maximum absolute atomic E-state index is 12.7. The highest BCUT2D eigenvalue weighted by atomic mass is 16.6. The molecule has 2 atom stereocenters.